The third-order valence-electron chi connectivity index (χ3n) is 3.86. The van der Waals surface area contributed by atoms with E-state index in [-0.39, 0.29) is 16.9 Å². The third-order valence-corrected chi connectivity index (χ3v) is 5.06. The summed E-state index contributed by atoms with van der Waals surface area (Å²) in [7, 11) is 0. The van der Waals surface area contributed by atoms with E-state index in [0.29, 0.717) is 17.5 Å². The van der Waals surface area contributed by atoms with Gasteiger partial charge in [0.2, 0.25) is 0 Å². The molecule has 1 heterocycles. The Bertz CT molecular complexity index is 862. The van der Waals surface area contributed by atoms with E-state index in [2.05, 4.69) is 10.2 Å². The van der Waals surface area contributed by atoms with Crippen molar-refractivity contribution in [3.05, 3.63) is 66.0 Å². The maximum atomic E-state index is 13.2. The molecule has 0 unspecified atom stereocenters. The Balaban J connectivity index is 2.01. The van der Waals surface area contributed by atoms with E-state index in [4.69, 9.17) is 0 Å². The minimum Gasteiger partial charge on any atom is -0.299 e. The molecule has 0 saturated carbocycles. The van der Waals surface area contributed by atoms with Crippen molar-refractivity contribution in [2.45, 2.75) is 30.8 Å². The summed E-state index contributed by atoms with van der Waals surface area (Å²) < 4.78 is 15.2. The molecule has 0 aliphatic carbocycles. The van der Waals surface area contributed by atoms with Crippen LogP contribution in [-0.4, -0.2) is 25.8 Å². The van der Waals surface area contributed by atoms with Gasteiger partial charge in [-0.05, 0) is 43.7 Å². The smallest absolute Gasteiger partial charge is 0.192 e. The predicted octanol–water partition coefficient (Wildman–Crippen LogP) is 4.20. The van der Waals surface area contributed by atoms with Gasteiger partial charge in [-0.1, -0.05) is 42.1 Å². The highest BCUT2D eigenvalue weighted by Crippen LogP contribution is 2.28. The molecule has 0 aliphatic heterocycles. The number of hydrogen-bond donors (Lipinski definition) is 0. The lowest BCUT2D eigenvalue weighted by atomic mass is 10.2. The number of Topliss-reactive ketones (excluding diaryl/α,β-unsaturated/α-hetero) is 1. The molecule has 2 aromatic carbocycles. The molecule has 0 spiro atoms. The van der Waals surface area contributed by atoms with Crippen LogP contribution >= 0.6 is 11.8 Å². The van der Waals surface area contributed by atoms with Crippen LogP contribution in [0, 0.1) is 5.82 Å². The van der Waals surface area contributed by atoms with Gasteiger partial charge in [-0.25, -0.2) is 4.39 Å². The van der Waals surface area contributed by atoms with Crippen molar-refractivity contribution in [2.24, 2.45) is 0 Å². The number of rotatable bonds is 6. The molecule has 3 rings (SSSR count). The van der Waals surface area contributed by atoms with Crippen LogP contribution in [0.5, 0.6) is 0 Å². The number of ketones is 1. The second-order valence-corrected chi connectivity index (χ2v) is 7.06. The maximum absolute atomic E-state index is 13.2. The summed E-state index contributed by atoms with van der Waals surface area (Å²) in [6.45, 7) is 4.00. The minimum atomic E-state index is -0.294. The predicted molar refractivity (Wildman–Crippen MR) is 97.0 cm³/mol. The van der Waals surface area contributed by atoms with E-state index in [1.165, 1.54) is 23.9 Å². The first-order valence-electron chi connectivity index (χ1n) is 7.95. The topological polar surface area (TPSA) is 47.8 Å². The molecule has 0 saturated heterocycles. The lowest BCUT2D eigenvalue weighted by Gasteiger charge is -2.12. The van der Waals surface area contributed by atoms with Crippen LogP contribution in [0.4, 0.5) is 4.39 Å². The molecule has 0 fully saturated rings. The van der Waals surface area contributed by atoms with Crippen LogP contribution in [0.15, 0.2) is 59.8 Å². The standard InChI is InChI=1S/C19H18FN3OS/c1-13(24)14(2)25-19-22-21-18(16-8-10-17(20)11-9-16)23(19)12-15-6-4-3-5-7-15/h3-11,14H,12H2,1-2H3/t14-/m1/s1. The van der Waals surface area contributed by atoms with Crippen molar-refractivity contribution in [1.82, 2.24) is 14.8 Å². The van der Waals surface area contributed by atoms with Crippen LogP contribution in [0.25, 0.3) is 11.4 Å². The van der Waals surface area contributed by atoms with Gasteiger partial charge >= 0.3 is 0 Å². The van der Waals surface area contributed by atoms with Crippen LogP contribution in [0.1, 0.15) is 19.4 Å². The summed E-state index contributed by atoms with van der Waals surface area (Å²) in [6.07, 6.45) is 0. The molecular formula is C19H18FN3OS. The number of aromatic nitrogens is 3. The monoisotopic (exact) mass is 355 g/mol. The molecule has 1 aromatic heterocycles. The molecule has 6 heteroatoms. The Hall–Kier alpha value is -2.47. The van der Waals surface area contributed by atoms with Crippen LogP contribution in [0.3, 0.4) is 0 Å². The molecular weight excluding hydrogens is 337 g/mol. The molecule has 3 aromatic rings. The van der Waals surface area contributed by atoms with Crippen molar-refractivity contribution in [2.75, 3.05) is 0 Å². The average Bonchev–Trinajstić information content (AvgIpc) is 2.99. The highest BCUT2D eigenvalue weighted by Gasteiger charge is 2.19. The van der Waals surface area contributed by atoms with Gasteiger partial charge < -0.3 is 0 Å². The summed E-state index contributed by atoms with van der Waals surface area (Å²) in [4.78, 5) is 11.6. The first kappa shape index (κ1) is 17.4. The van der Waals surface area contributed by atoms with Crippen LogP contribution in [0.2, 0.25) is 0 Å². The number of nitrogens with zero attached hydrogens (tertiary/aromatic N) is 3. The van der Waals surface area contributed by atoms with Gasteiger partial charge in [0.1, 0.15) is 11.6 Å². The summed E-state index contributed by atoms with van der Waals surface area (Å²) in [5.41, 5.74) is 1.88. The lowest BCUT2D eigenvalue weighted by molar-refractivity contribution is -0.116. The quantitative estimate of drug-likeness (QED) is 0.622. The molecule has 4 nitrogen and oxygen atoms in total. The van der Waals surface area contributed by atoms with Gasteiger partial charge in [-0.2, -0.15) is 0 Å². The molecule has 25 heavy (non-hydrogen) atoms. The van der Waals surface area contributed by atoms with Gasteiger partial charge in [-0.15, -0.1) is 10.2 Å². The summed E-state index contributed by atoms with van der Waals surface area (Å²) >= 11 is 1.38. The van der Waals surface area contributed by atoms with E-state index >= 15 is 0 Å². The Morgan fingerprint density at radius 1 is 1.12 bits per heavy atom. The van der Waals surface area contributed by atoms with Crippen LogP contribution < -0.4 is 0 Å². The fraction of sp³-hybridized carbons (Fsp3) is 0.211. The fourth-order valence-electron chi connectivity index (χ4n) is 2.34. The minimum absolute atomic E-state index is 0.0857. The average molecular weight is 355 g/mol. The SMILES string of the molecule is CC(=O)[C@@H](C)Sc1nnc(-c2ccc(F)cc2)n1Cc1ccccc1. The van der Waals surface area contributed by atoms with E-state index in [1.807, 2.05) is 41.8 Å². The van der Waals surface area contributed by atoms with Crippen molar-refractivity contribution in [3.8, 4) is 11.4 Å². The number of benzene rings is 2. The van der Waals surface area contributed by atoms with Crippen molar-refractivity contribution in [3.63, 3.8) is 0 Å². The Kier molecular flexibility index (Phi) is 5.28. The molecule has 0 bridgehead atoms. The first-order valence-corrected chi connectivity index (χ1v) is 8.82. The molecule has 1 atom stereocenters. The van der Waals surface area contributed by atoms with E-state index in [1.54, 1.807) is 19.1 Å². The summed E-state index contributed by atoms with van der Waals surface area (Å²) in [5.74, 6) is 0.447. The zero-order chi connectivity index (χ0) is 17.8. The number of carbonyl (C=O) groups is 1. The maximum Gasteiger partial charge on any atom is 0.192 e. The van der Waals surface area contributed by atoms with Crippen molar-refractivity contribution >= 4 is 17.5 Å². The third kappa shape index (κ3) is 4.14. The highest BCUT2D eigenvalue weighted by atomic mass is 32.2. The number of thioether (sulfide) groups is 1. The molecule has 128 valence electrons. The summed E-state index contributed by atoms with van der Waals surface area (Å²) in [5, 5.41) is 9.01. The van der Waals surface area contributed by atoms with Gasteiger partial charge in [0.05, 0.1) is 11.8 Å². The van der Waals surface area contributed by atoms with Crippen LogP contribution in [-0.2, 0) is 11.3 Å². The van der Waals surface area contributed by atoms with Crippen molar-refractivity contribution in [1.29, 1.82) is 0 Å². The van der Waals surface area contributed by atoms with E-state index < -0.39 is 0 Å². The molecule has 0 aliphatic rings. The largest absolute Gasteiger partial charge is 0.299 e. The van der Waals surface area contributed by atoms with Gasteiger partial charge in [0.25, 0.3) is 0 Å². The Morgan fingerprint density at radius 2 is 1.80 bits per heavy atom. The van der Waals surface area contributed by atoms with E-state index in [9.17, 15) is 9.18 Å². The second kappa shape index (κ2) is 7.61. The molecule has 0 N–H and O–H groups in total. The van der Waals surface area contributed by atoms with E-state index in [0.717, 1.165) is 11.1 Å². The zero-order valence-electron chi connectivity index (χ0n) is 14.0. The number of halogens is 1. The fourth-order valence-corrected chi connectivity index (χ4v) is 3.19. The highest BCUT2D eigenvalue weighted by molar-refractivity contribution is 8.00. The summed E-state index contributed by atoms with van der Waals surface area (Å²) in [6, 6.07) is 16.1. The number of carbonyl (C=O) groups excluding carboxylic acids is 1. The zero-order valence-corrected chi connectivity index (χ0v) is 14.8. The molecule has 0 radical (unpaired) electrons. The second-order valence-electron chi connectivity index (χ2n) is 5.76. The van der Waals surface area contributed by atoms with Gasteiger partial charge in [-0.3, -0.25) is 9.36 Å². The Morgan fingerprint density at radius 3 is 2.44 bits per heavy atom. The number of hydrogen-bond acceptors (Lipinski definition) is 4. The van der Waals surface area contributed by atoms with Gasteiger partial charge in [0.15, 0.2) is 11.0 Å². The first-order chi connectivity index (χ1) is 12.0. The Labute approximate surface area is 150 Å². The molecule has 0 amide bonds. The van der Waals surface area contributed by atoms with Crippen molar-refractivity contribution < 1.29 is 9.18 Å². The normalized spacial score (nSPS) is 12.1. The van der Waals surface area contributed by atoms with Gasteiger partial charge in [0, 0.05) is 5.56 Å². The lowest BCUT2D eigenvalue weighted by Crippen LogP contribution is -2.11.